The number of halogens is 1. The largest absolute Gasteiger partial charge is 0.474 e. The van der Waals surface area contributed by atoms with Crippen molar-refractivity contribution in [3.8, 4) is 17.5 Å². The molecule has 0 amide bonds. The summed E-state index contributed by atoms with van der Waals surface area (Å²) in [6.07, 6.45) is 3.91. The van der Waals surface area contributed by atoms with E-state index < -0.39 is 15.7 Å². The van der Waals surface area contributed by atoms with E-state index in [9.17, 15) is 12.8 Å². The summed E-state index contributed by atoms with van der Waals surface area (Å²) < 4.78 is 54.7. The second kappa shape index (κ2) is 7.85. The van der Waals surface area contributed by atoms with Gasteiger partial charge in [0, 0.05) is 31.2 Å². The molecule has 1 N–H and O–H groups in total. The lowest BCUT2D eigenvalue weighted by atomic mass is 9.95. The average molecular weight is 423 g/mol. The number of sulfone groups is 1. The number of ether oxygens (including phenoxy) is 3. The Morgan fingerprint density at radius 1 is 1.17 bits per heavy atom. The van der Waals surface area contributed by atoms with Crippen molar-refractivity contribution in [1.82, 2.24) is 15.3 Å². The molecule has 2 atom stereocenters. The Kier molecular flexibility index (Phi) is 5.41. The van der Waals surface area contributed by atoms with Crippen molar-refractivity contribution in [2.75, 3.05) is 19.5 Å². The van der Waals surface area contributed by atoms with Crippen molar-refractivity contribution in [1.29, 1.82) is 0 Å². The Labute approximate surface area is 168 Å². The van der Waals surface area contributed by atoms with Gasteiger partial charge in [0.1, 0.15) is 12.4 Å². The topological polar surface area (TPSA) is 99.6 Å². The SMILES string of the molecule is Cc1c(Oc2ccc(S(C)(=O)=O)cc2F)ncnc1OC1CC2COCC(C1)N2. The number of aromatic nitrogens is 2. The van der Waals surface area contributed by atoms with E-state index in [0.717, 1.165) is 25.2 Å². The van der Waals surface area contributed by atoms with Crippen LogP contribution in [0.3, 0.4) is 0 Å². The summed E-state index contributed by atoms with van der Waals surface area (Å²) in [5, 5.41) is 3.50. The number of fused-ring (bicyclic) bond motifs is 2. The zero-order chi connectivity index (χ0) is 20.6. The summed E-state index contributed by atoms with van der Waals surface area (Å²) >= 11 is 0. The minimum absolute atomic E-state index is 0.0117. The number of piperidine rings is 1. The van der Waals surface area contributed by atoms with Gasteiger partial charge >= 0.3 is 0 Å². The molecule has 2 bridgehead atoms. The Bertz CT molecular complexity index is 1000. The van der Waals surface area contributed by atoms with Crippen LogP contribution in [-0.2, 0) is 14.6 Å². The highest BCUT2D eigenvalue weighted by Crippen LogP contribution is 2.31. The number of hydrogen-bond acceptors (Lipinski definition) is 8. The summed E-state index contributed by atoms with van der Waals surface area (Å²) in [6, 6.07) is 3.99. The highest BCUT2D eigenvalue weighted by atomic mass is 32.2. The molecule has 2 aliphatic rings. The van der Waals surface area contributed by atoms with Gasteiger partial charge in [-0.2, -0.15) is 0 Å². The van der Waals surface area contributed by atoms with Gasteiger partial charge in [-0.15, -0.1) is 0 Å². The van der Waals surface area contributed by atoms with Gasteiger partial charge in [0.05, 0.1) is 23.7 Å². The third kappa shape index (κ3) is 4.49. The van der Waals surface area contributed by atoms with Crippen LogP contribution in [-0.4, -0.2) is 56.0 Å². The fraction of sp³-hybridized carbons (Fsp3) is 0.474. The first-order valence-corrected chi connectivity index (χ1v) is 11.2. The summed E-state index contributed by atoms with van der Waals surface area (Å²) in [6.45, 7) is 3.06. The van der Waals surface area contributed by atoms with Crippen LogP contribution in [0.1, 0.15) is 18.4 Å². The fourth-order valence-corrected chi connectivity index (χ4v) is 4.21. The van der Waals surface area contributed by atoms with E-state index in [1.165, 1.54) is 18.5 Å². The minimum Gasteiger partial charge on any atom is -0.474 e. The Morgan fingerprint density at radius 3 is 2.52 bits per heavy atom. The maximum atomic E-state index is 14.3. The quantitative estimate of drug-likeness (QED) is 0.780. The van der Waals surface area contributed by atoms with Crippen molar-refractivity contribution in [2.24, 2.45) is 0 Å². The van der Waals surface area contributed by atoms with Gasteiger partial charge in [0.2, 0.25) is 11.8 Å². The van der Waals surface area contributed by atoms with Gasteiger partial charge in [-0.3, -0.25) is 0 Å². The molecule has 0 radical (unpaired) electrons. The molecule has 8 nitrogen and oxygen atoms in total. The standard InChI is InChI=1S/C19H22FN3O5S/c1-11-18(27-14-5-12-8-26-9-13(6-14)23-12)21-10-22-19(11)28-17-4-3-15(7-16(17)20)29(2,24)25/h3-4,7,10,12-14,23H,5-6,8-9H2,1-2H3. The third-order valence-electron chi connectivity index (χ3n) is 5.01. The molecule has 0 saturated carbocycles. The zero-order valence-electron chi connectivity index (χ0n) is 16.1. The molecule has 0 spiro atoms. The normalized spacial score (nSPS) is 24.2. The average Bonchev–Trinajstić information content (AvgIpc) is 2.65. The molecule has 0 aliphatic carbocycles. The van der Waals surface area contributed by atoms with Gasteiger partial charge in [-0.05, 0) is 25.1 Å². The molecular formula is C19H22FN3O5S. The first-order valence-electron chi connectivity index (χ1n) is 9.29. The van der Waals surface area contributed by atoms with E-state index >= 15 is 0 Å². The molecule has 2 aromatic rings. The first-order chi connectivity index (χ1) is 13.8. The van der Waals surface area contributed by atoms with Gasteiger partial charge in [0.25, 0.3) is 0 Å². The van der Waals surface area contributed by atoms with Crippen LogP contribution in [0.15, 0.2) is 29.4 Å². The van der Waals surface area contributed by atoms with Crippen molar-refractivity contribution >= 4 is 9.84 Å². The summed E-state index contributed by atoms with van der Waals surface area (Å²) in [4.78, 5) is 8.15. The lowest BCUT2D eigenvalue weighted by Crippen LogP contribution is -2.56. The van der Waals surface area contributed by atoms with Gasteiger partial charge in [0.15, 0.2) is 21.4 Å². The fourth-order valence-electron chi connectivity index (χ4n) is 3.58. The van der Waals surface area contributed by atoms with Crippen LogP contribution in [0.4, 0.5) is 4.39 Å². The minimum atomic E-state index is -3.51. The predicted octanol–water partition coefficient (Wildman–Crippen LogP) is 2.02. The molecule has 10 heteroatoms. The van der Waals surface area contributed by atoms with Gasteiger partial charge in [-0.1, -0.05) is 0 Å². The molecule has 3 heterocycles. The first kappa shape index (κ1) is 20.0. The van der Waals surface area contributed by atoms with Crippen molar-refractivity contribution < 1.29 is 27.0 Å². The molecule has 2 aliphatic heterocycles. The summed E-state index contributed by atoms with van der Waals surface area (Å²) in [5.74, 6) is -0.384. The molecule has 29 heavy (non-hydrogen) atoms. The van der Waals surface area contributed by atoms with Crippen molar-refractivity contribution in [2.45, 2.75) is 42.8 Å². The molecule has 2 unspecified atom stereocenters. The van der Waals surface area contributed by atoms with Crippen LogP contribution in [0.2, 0.25) is 0 Å². The molecule has 1 aromatic carbocycles. The lowest BCUT2D eigenvalue weighted by molar-refractivity contribution is -0.0134. The molecule has 4 rings (SSSR count). The number of rotatable bonds is 5. The monoisotopic (exact) mass is 423 g/mol. The van der Waals surface area contributed by atoms with Crippen LogP contribution in [0.25, 0.3) is 0 Å². The van der Waals surface area contributed by atoms with Crippen LogP contribution in [0, 0.1) is 12.7 Å². The second-order valence-corrected chi connectivity index (χ2v) is 9.40. The summed E-state index contributed by atoms with van der Waals surface area (Å²) in [5.41, 5.74) is 0.541. The van der Waals surface area contributed by atoms with Crippen LogP contribution < -0.4 is 14.8 Å². The van der Waals surface area contributed by atoms with Crippen molar-refractivity contribution in [3.05, 3.63) is 35.9 Å². The summed E-state index contributed by atoms with van der Waals surface area (Å²) in [7, 11) is -3.51. The van der Waals surface area contributed by atoms with E-state index in [1.807, 2.05) is 0 Å². The third-order valence-corrected chi connectivity index (χ3v) is 6.12. The van der Waals surface area contributed by atoms with E-state index in [-0.39, 0.29) is 34.7 Å². The van der Waals surface area contributed by atoms with E-state index in [1.54, 1.807) is 6.92 Å². The second-order valence-electron chi connectivity index (χ2n) is 7.38. The number of benzene rings is 1. The Morgan fingerprint density at radius 2 is 1.86 bits per heavy atom. The van der Waals surface area contributed by atoms with Crippen LogP contribution >= 0.6 is 0 Å². The number of nitrogens with one attached hydrogen (secondary N) is 1. The molecule has 2 saturated heterocycles. The number of hydrogen-bond donors (Lipinski definition) is 1. The smallest absolute Gasteiger partial charge is 0.229 e. The van der Waals surface area contributed by atoms with Crippen molar-refractivity contribution in [3.63, 3.8) is 0 Å². The van der Waals surface area contributed by atoms with E-state index in [4.69, 9.17) is 14.2 Å². The van der Waals surface area contributed by atoms with E-state index in [2.05, 4.69) is 15.3 Å². The highest BCUT2D eigenvalue weighted by Gasteiger charge is 2.33. The van der Waals surface area contributed by atoms with Crippen LogP contribution in [0.5, 0.6) is 17.5 Å². The number of nitrogens with zero attached hydrogens (tertiary/aromatic N) is 2. The maximum Gasteiger partial charge on any atom is 0.229 e. The number of morpholine rings is 1. The maximum absolute atomic E-state index is 14.3. The zero-order valence-corrected chi connectivity index (χ0v) is 16.9. The highest BCUT2D eigenvalue weighted by molar-refractivity contribution is 7.90. The Hall–Kier alpha value is -2.30. The predicted molar refractivity (Wildman–Crippen MR) is 102 cm³/mol. The lowest BCUT2D eigenvalue weighted by Gasteiger charge is -2.39. The van der Waals surface area contributed by atoms with Gasteiger partial charge < -0.3 is 19.5 Å². The van der Waals surface area contributed by atoms with Gasteiger partial charge in [-0.25, -0.2) is 22.8 Å². The Balaban J connectivity index is 1.51. The van der Waals surface area contributed by atoms with E-state index in [0.29, 0.717) is 24.7 Å². The molecular weight excluding hydrogens is 401 g/mol. The molecule has 156 valence electrons. The molecule has 2 fully saturated rings. The molecule has 1 aromatic heterocycles.